The van der Waals surface area contributed by atoms with Crippen LogP contribution < -0.4 is 0 Å². The van der Waals surface area contributed by atoms with E-state index >= 15 is 0 Å². The Morgan fingerprint density at radius 1 is 0.355 bits per heavy atom. The maximum Gasteiger partial charge on any atom is 0.306 e. The molecule has 0 N–H and O–H groups in total. The highest BCUT2D eigenvalue weighted by Crippen LogP contribution is 2.14. The van der Waals surface area contributed by atoms with Crippen molar-refractivity contribution in [1.82, 2.24) is 0 Å². The second-order valence-corrected chi connectivity index (χ2v) is 17.8. The van der Waals surface area contributed by atoms with E-state index < -0.39 is 6.10 Å². The summed E-state index contributed by atoms with van der Waals surface area (Å²) in [5, 5.41) is 0. The van der Waals surface area contributed by atoms with Gasteiger partial charge in [-0.25, -0.2) is 0 Å². The Morgan fingerprint density at radius 3 is 1.18 bits per heavy atom. The molecule has 0 aliphatic heterocycles. The minimum absolute atomic E-state index is 0.0730. The molecule has 0 amide bonds. The molecule has 1 atom stereocenters. The number of rotatable bonds is 49. The summed E-state index contributed by atoms with van der Waals surface area (Å²) in [6.45, 7) is 7.72. The van der Waals surface area contributed by atoms with Crippen LogP contribution in [0.2, 0.25) is 0 Å². The van der Waals surface area contributed by atoms with Crippen LogP contribution in [0.15, 0.2) is 60.8 Å². The van der Waals surface area contributed by atoms with Gasteiger partial charge in [0.2, 0.25) is 0 Å². The van der Waals surface area contributed by atoms with Crippen LogP contribution in [0.1, 0.15) is 265 Å². The number of ether oxygens (including phenoxy) is 3. The summed E-state index contributed by atoms with van der Waals surface area (Å²) in [5.41, 5.74) is 0. The normalized spacial score (nSPS) is 12.6. The molecule has 0 radical (unpaired) electrons. The predicted octanol–water partition coefficient (Wildman–Crippen LogP) is 18.1. The Bertz CT molecular complexity index is 1070. The first-order valence-corrected chi connectivity index (χ1v) is 26.8. The minimum atomic E-state index is -0.551. The fraction of sp³-hybridized carbons (Fsp3) is 0.789. The van der Waals surface area contributed by atoms with Crippen molar-refractivity contribution in [2.45, 2.75) is 271 Å². The van der Waals surface area contributed by atoms with Crippen molar-refractivity contribution in [3.05, 3.63) is 60.8 Å². The quantitative estimate of drug-likeness (QED) is 0.0346. The molecule has 0 fully saturated rings. The summed E-state index contributed by atoms with van der Waals surface area (Å²) in [7, 11) is 0. The Balaban J connectivity index is 4.29. The van der Waals surface area contributed by atoms with Crippen molar-refractivity contribution in [3.8, 4) is 0 Å². The average molecular weight is 867 g/mol. The Morgan fingerprint density at radius 2 is 0.710 bits per heavy atom. The number of hydrogen-bond donors (Lipinski definition) is 0. The smallest absolute Gasteiger partial charge is 0.306 e. The summed E-state index contributed by atoms with van der Waals surface area (Å²) in [6.07, 6.45) is 66.5. The summed E-state index contributed by atoms with van der Waals surface area (Å²) in [6, 6.07) is 0. The van der Waals surface area contributed by atoms with Gasteiger partial charge in [-0.1, -0.05) is 210 Å². The zero-order chi connectivity index (χ0) is 44.9. The lowest BCUT2D eigenvalue weighted by atomic mass is 10.1. The molecule has 360 valence electrons. The van der Waals surface area contributed by atoms with Crippen molar-refractivity contribution < 1.29 is 23.8 Å². The molecule has 0 saturated heterocycles. The molecule has 0 rings (SSSR count). The molecule has 0 spiro atoms. The van der Waals surface area contributed by atoms with E-state index in [9.17, 15) is 9.59 Å². The Hall–Kier alpha value is -2.40. The predicted molar refractivity (Wildman–Crippen MR) is 270 cm³/mol. The van der Waals surface area contributed by atoms with Gasteiger partial charge in [-0.3, -0.25) is 9.59 Å². The summed E-state index contributed by atoms with van der Waals surface area (Å²) >= 11 is 0. The standard InChI is InChI=1S/C57H102O5/c1-4-7-10-13-16-19-22-25-28-29-31-32-35-38-41-44-47-50-56(58)61-54-55(53-60-52-49-46-43-40-37-34-27-24-21-18-15-12-9-6-3)62-57(59)51-48-45-42-39-36-33-30-26-23-20-17-14-11-8-5-2/h12,15,17,20-21,24-26,28,30,55H,4-11,13-14,16,18-19,22-23,27,29,31-54H2,1-3H3/b15-12-,20-17-,24-21-,28-25-,30-26-. The van der Waals surface area contributed by atoms with E-state index in [2.05, 4.69) is 81.5 Å². The van der Waals surface area contributed by atoms with E-state index in [1.165, 1.54) is 161 Å². The molecule has 5 heteroatoms. The molecule has 0 aliphatic rings. The highest BCUT2D eigenvalue weighted by atomic mass is 16.6. The van der Waals surface area contributed by atoms with Gasteiger partial charge in [0.1, 0.15) is 6.61 Å². The van der Waals surface area contributed by atoms with E-state index in [1.807, 2.05) is 0 Å². The molecular weight excluding hydrogens is 765 g/mol. The first-order valence-electron chi connectivity index (χ1n) is 26.8. The van der Waals surface area contributed by atoms with E-state index in [1.54, 1.807) is 0 Å². The van der Waals surface area contributed by atoms with Gasteiger partial charge in [0.25, 0.3) is 0 Å². The topological polar surface area (TPSA) is 61.8 Å². The zero-order valence-electron chi connectivity index (χ0n) is 41.4. The first-order chi connectivity index (χ1) is 30.6. The lowest BCUT2D eigenvalue weighted by Crippen LogP contribution is -2.30. The van der Waals surface area contributed by atoms with Gasteiger partial charge in [0.05, 0.1) is 6.61 Å². The molecule has 0 heterocycles. The maximum atomic E-state index is 12.8. The molecule has 0 aliphatic carbocycles. The van der Waals surface area contributed by atoms with E-state index in [-0.39, 0.29) is 25.2 Å². The molecule has 1 unspecified atom stereocenters. The van der Waals surface area contributed by atoms with Crippen molar-refractivity contribution in [3.63, 3.8) is 0 Å². The van der Waals surface area contributed by atoms with Gasteiger partial charge in [0.15, 0.2) is 6.10 Å². The summed E-state index contributed by atoms with van der Waals surface area (Å²) in [4.78, 5) is 25.4. The zero-order valence-corrected chi connectivity index (χ0v) is 41.4. The van der Waals surface area contributed by atoms with E-state index in [4.69, 9.17) is 14.2 Å². The number of hydrogen-bond acceptors (Lipinski definition) is 5. The van der Waals surface area contributed by atoms with Crippen LogP contribution in [0, 0.1) is 0 Å². The molecule has 0 saturated carbocycles. The number of allylic oxidation sites excluding steroid dienone is 10. The summed E-state index contributed by atoms with van der Waals surface area (Å²) in [5.74, 6) is -0.417. The molecule has 0 aromatic carbocycles. The largest absolute Gasteiger partial charge is 0.462 e. The minimum Gasteiger partial charge on any atom is -0.462 e. The van der Waals surface area contributed by atoms with Crippen LogP contribution in [0.4, 0.5) is 0 Å². The van der Waals surface area contributed by atoms with Crippen molar-refractivity contribution >= 4 is 11.9 Å². The van der Waals surface area contributed by atoms with Gasteiger partial charge in [-0.05, 0) is 103 Å². The third kappa shape index (κ3) is 50.2. The van der Waals surface area contributed by atoms with Crippen LogP contribution >= 0.6 is 0 Å². The highest BCUT2D eigenvalue weighted by molar-refractivity contribution is 5.70. The van der Waals surface area contributed by atoms with Crippen LogP contribution in [0.3, 0.4) is 0 Å². The lowest BCUT2D eigenvalue weighted by molar-refractivity contribution is -0.163. The lowest BCUT2D eigenvalue weighted by Gasteiger charge is -2.18. The number of esters is 2. The van der Waals surface area contributed by atoms with Crippen molar-refractivity contribution in [1.29, 1.82) is 0 Å². The van der Waals surface area contributed by atoms with Gasteiger partial charge >= 0.3 is 11.9 Å². The van der Waals surface area contributed by atoms with Crippen LogP contribution in [0.5, 0.6) is 0 Å². The SMILES string of the molecule is CCC/C=C\C/C=C\CCCCCCCCOCC(COC(=O)CCCCCCCCC/C=C\CCCCCCCC)OC(=O)CCCCCCC/C=C\C/C=C\CCCCC. The molecule has 0 bridgehead atoms. The number of unbranched alkanes of at least 4 members (excludes halogenated alkanes) is 28. The third-order valence-corrected chi connectivity index (χ3v) is 11.5. The van der Waals surface area contributed by atoms with Crippen molar-refractivity contribution in [2.24, 2.45) is 0 Å². The Kier molecular flexibility index (Phi) is 50.9. The van der Waals surface area contributed by atoms with Crippen LogP contribution in [-0.4, -0.2) is 37.9 Å². The first kappa shape index (κ1) is 59.6. The molecule has 5 nitrogen and oxygen atoms in total. The van der Waals surface area contributed by atoms with Crippen molar-refractivity contribution in [2.75, 3.05) is 19.8 Å². The van der Waals surface area contributed by atoms with E-state index in [0.29, 0.717) is 19.4 Å². The van der Waals surface area contributed by atoms with Crippen LogP contribution in [0.25, 0.3) is 0 Å². The summed E-state index contributed by atoms with van der Waals surface area (Å²) < 4.78 is 17.4. The third-order valence-electron chi connectivity index (χ3n) is 11.5. The monoisotopic (exact) mass is 867 g/mol. The average Bonchev–Trinajstić information content (AvgIpc) is 3.27. The van der Waals surface area contributed by atoms with Gasteiger partial charge in [-0.15, -0.1) is 0 Å². The van der Waals surface area contributed by atoms with Crippen LogP contribution in [-0.2, 0) is 23.8 Å². The second kappa shape index (κ2) is 52.9. The van der Waals surface area contributed by atoms with Gasteiger partial charge < -0.3 is 14.2 Å². The number of carbonyl (C=O) groups excluding carboxylic acids is 2. The maximum absolute atomic E-state index is 12.8. The van der Waals surface area contributed by atoms with Gasteiger partial charge in [-0.2, -0.15) is 0 Å². The fourth-order valence-electron chi connectivity index (χ4n) is 7.46. The van der Waals surface area contributed by atoms with E-state index in [0.717, 1.165) is 70.6 Å². The van der Waals surface area contributed by atoms with Gasteiger partial charge in [0, 0.05) is 19.4 Å². The molecule has 62 heavy (non-hydrogen) atoms. The number of carbonyl (C=O) groups is 2. The fourth-order valence-corrected chi connectivity index (χ4v) is 7.46. The molecule has 0 aromatic rings. The highest BCUT2D eigenvalue weighted by Gasteiger charge is 2.17. The second-order valence-electron chi connectivity index (χ2n) is 17.8. The Labute approximate surface area is 385 Å². The molecule has 0 aromatic heterocycles. The molecular formula is C57H102O5.